The molecule has 3 aromatic rings. The van der Waals surface area contributed by atoms with Gasteiger partial charge >= 0.3 is 0 Å². The molecule has 0 bridgehead atoms. The summed E-state index contributed by atoms with van der Waals surface area (Å²) in [6, 6.07) is 7.12. The van der Waals surface area contributed by atoms with Crippen LogP contribution in [0.4, 0.5) is 5.82 Å². The summed E-state index contributed by atoms with van der Waals surface area (Å²) in [5, 5.41) is 19.2. The van der Waals surface area contributed by atoms with Crippen LogP contribution in [0.2, 0.25) is 0 Å². The third-order valence-electron chi connectivity index (χ3n) is 4.65. The van der Waals surface area contributed by atoms with Gasteiger partial charge < -0.3 is 10.0 Å². The Morgan fingerprint density at radius 2 is 2.16 bits per heavy atom. The number of β-amino-alcohol motifs (C(OH)–C–C–N with tert-alkyl or cyclic N) is 1. The zero-order chi connectivity index (χ0) is 17.6. The van der Waals surface area contributed by atoms with E-state index in [1.807, 2.05) is 24.8 Å². The third kappa shape index (κ3) is 2.68. The molecule has 4 rings (SSSR count). The van der Waals surface area contributed by atoms with Crippen LogP contribution in [-0.4, -0.2) is 42.6 Å². The maximum Gasteiger partial charge on any atom is 0.259 e. The first-order chi connectivity index (χ1) is 12.0. The maximum atomic E-state index is 12.3. The molecule has 0 saturated carbocycles. The predicted molar refractivity (Wildman–Crippen MR) is 92.6 cm³/mol. The lowest BCUT2D eigenvalue weighted by Crippen LogP contribution is -2.32. The smallest absolute Gasteiger partial charge is 0.259 e. The van der Waals surface area contributed by atoms with E-state index in [-0.39, 0.29) is 11.6 Å². The Morgan fingerprint density at radius 3 is 2.92 bits per heavy atom. The lowest BCUT2D eigenvalue weighted by atomic mass is 10.00. The second kappa shape index (κ2) is 5.66. The molecule has 8 nitrogen and oxygen atoms in total. The zero-order valence-electron chi connectivity index (χ0n) is 14.2. The van der Waals surface area contributed by atoms with E-state index in [0.29, 0.717) is 36.7 Å². The van der Waals surface area contributed by atoms with Crippen molar-refractivity contribution in [2.45, 2.75) is 31.9 Å². The van der Waals surface area contributed by atoms with Gasteiger partial charge in [0.1, 0.15) is 22.8 Å². The van der Waals surface area contributed by atoms with Gasteiger partial charge in [0, 0.05) is 31.3 Å². The quantitative estimate of drug-likeness (QED) is 0.764. The average Bonchev–Trinajstić information content (AvgIpc) is 3.23. The molecular formula is C17H20N6O2. The van der Waals surface area contributed by atoms with Crippen LogP contribution in [0.1, 0.15) is 32.0 Å². The number of fused-ring (bicyclic) bond motifs is 1. The van der Waals surface area contributed by atoms with Gasteiger partial charge in [-0.1, -0.05) is 11.3 Å². The van der Waals surface area contributed by atoms with E-state index in [4.69, 9.17) is 0 Å². The van der Waals surface area contributed by atoms with Crippen molar-refractivity contribution >= 4 is 11.5 Å². The third-order valence-corrected chi connectivity index (χ3v) is 4.65. The van der Waals surface area contributed by atoms with E-state index >= 15 is 0 Å². The van der Waals surface area contributed by atoms with Gasteiger partial charge in [-0.15, -0.1) is 5.10 Å². The van der Waals surface area contributed by atoms with E-state index < -0.39 is 5.60 Å². The second-order valence-corrected chi connectivity index (χ2v) is 6.76. The molecule has 1 aliphatic heterocycles. The van der Waals surface area contributed by atoms with Gasteiger partial charge in [-0.3, -0.25) is 9.20 Å². The van der Waals surface area contributed by atoms with E-state index in [9.17, 15) is 9.90 Å². The molecule has 1 saturated heterocycles. The van der Waals surface area contributed by atoms with E-state index in [2.05, 4.69) is 15.3 Å². The molecule has 1 atom stereocenters. The minimum atomic E-state index is -1.09. The van der Waals surface area contributed by atoms with Crippen LogP contribution in [-0.2, 0) is 5.60 Å². The number of hydrogen-bond acceptors (Lipinski definition) is 6. The van der Waals surface area contributed by atoms with Gasteiger partial charge in [0.25, 0.3) is 5.56 Å². The Bertz CT molecular complexity index is 978. The normalized spacial score (nSPS) is 20.7. The van der Waals surface area contributed by atoms with Crippen LogP contribution in [0.25, 0.3) is 5.65 Å². The van der Waals surface area contributed by atoms with Gasteiger partial charge in [-0.05, 0) is 26.0 Å². The summed E-state index contributed by atoms with van der Waals surface area (Å²) in [4.78, 5) is 18.7. The summed E-state index contributed by atoms with van der Waals surface area (Å²) in [5.41, 5.74) is -0.0781. The number of nitrogens with zero attached hydrogens (tertiary/aromatic N) is 6. The van der Waals surface area contributed by atoms with Gasteiger partial charge in [0.2, 0.25) is 0 Å². The second-order valence-electron chi connectivity index (χ2n) is 6.76. The number of hydrogen-bond donors (Lipinski definition) is 1. The standard InChI is InChI=1S/C17H20N6O2/c1-12(2)23-10-13(19-20-23)17(25)6-8-21(11-17)15-9-16(24)22-7-4-3-5-14(22)18-15/h3-5,7,9-10,12,25H,6,8,11H2,1-2H3/t17-/m1/s1. The molecule has 0 radical (unpaired) electrons. The highest BCUT2D eigenvalue weighted by molar-refractivity contribution is 5.49. The summed E-state index contributed by atoms with van der Waals surface area (Å²) < 4.78 is 3.23. The lowest BCUT2D eigenvalue weighted by Gasteiger charge is -2.21. The Labute approximate surface area is 144 Å². The summed E-state index contributed by atoms with van der Waals surface area (Å²) >= 11 is 0. The fraction of sp³-hybridized carbons (Fsp3) is 0.412. The molecule has 8 heteroatoms. The average molecular weight is 340 g/mol. The number of rotatable bonds is 3. The van der Waals surface area contributed by atoms with Crippen molar-refractivity contribution in [3.05, 3.63) is 52.7 Å². The molecule has 25 heavy (non-hydrogen) atoms. The molecule has 1 aliphatic rings. The van der Waals surface area contributed by atoms with Crippen LogP contribution in [0.5, 0.6) is 0 Å². The van der Waals surface area contributed by atoms with Gasteiger partial charge in [-0.2, -0.15) is 0 Å². The highest BCUT2D eigenvalue weighted by Crippen LogP contribution is 2.32. The minimum Gasteiger partial charge on any atom is -0.381 e. The molecule has 3 aromatic heterocycles. The number of aliphatic hydroxyl groups is 1. The monoisotopic (exact) mass is 340 g/mol. The summed E-state index contributed by atoms with van der Waals surface area (Å²) in [7, 11) is 0. The first-order valence-corrected chi connectivity index (χ1v) is 8.34. The number of pyridine rings is 1. The molecule has 0 spiro atoms. The molecule has 130 valence electrons. The van der Waals surface area contributed by atoms with Crippen LogP contribution < -0.4 is 10.5 Å². The van der Waals surface area contributed by atoms with Gasteiger partial charge in [0.15, 0.2) is 0 Å². The van der Waals surface area contributed by atoms with Crippen molar-refractivity contribution in [3.63, 3.8) is 0 Å². The SMILES string of the molecule is CC(C)n1cc([C@@]2(O)CCN(c3cc(=O)n4ccccc4n3)C2)nn1. The molecule has 0 amide bonds. The van der Waals surface area contributed by atoms with Crippen LogP contribution in [0.3, 0.4) is 0 Å². The van der Waals surface area contributed by atoms with Crippen molar-refractivity contribution < 1.29 is 5.11 Å². The summed E-state index contributed by atoms with van der Waals surface area (Å²) in [6.45, 7) is 4.95. The molecule has 0 unspecified atom stereocenters. The highest BCUT2D eigenvalue weighted by Gasteiger charge is 2.41. The molecular weight excluding hydrogens is 320 g/mol. The molecule has 1 N–H and O–H groups in total. The molecule has 0 aliphatic carbocycles. The largest absolute Gasteiger partial charge is 0.381 e. The highest BCUT2D eigenvalue weighted by atomic mass is 16.3. The Hall–Kier alpha value is -2.74. The lowest BCUT2D eigenvalue weighted by molar-refractivity contribution is 0.0559. The fourth-order valence-electron chi connectivity index (χ4n) is 3.14. The number of anilines is 1. The van der Waals surface area contributed by atoms with Crippen molar-refractivity contribution in [2.75, 3.05) is 18.0 Å². The Balaban J connectivity index is 1.64. The predicted octanol–water partition coefficient (Wildman–Crippen LogP) is 0.965. The topological polar surface area (TPSA) is 88.5 Å². The molecule has 4 heterocycles. The zero-order valence-corrected chi connectivity index (χ0v) is 14.2. The fourth-order valence-corrected chi connectivity index (χ4v) is 3.14. The van der Waals surface area contributed by atoms with Crippen LogP contribution >= 0.6 is 0 Å². The molecule has 1 fully saturated rings. The van der Waals surface area contributed by atoms with E-state index in [1.165, 1.54) is 10.5 Å². The minimum absolute atomic E-state index is 0.137. The van der Waals surface area contributed by atoms with Crippen molar-refractivity contribution in [1.82, 2.24) is 24.4 Å². The van der Waals surface area contributed by atoms with Crippen LogP contribution in [0, 0.1) is 0 Å². The van der Waals surface area contributed by atoms with E-state index in [1.54, 1.807) is 29.2 Å². The Morgan fingerprint density at radius 1 is 1.32 bits per heavy atom. The van der Waals surface area contributed by atoms with Gasteiger partial charge in [-0.25, -0.2) is 9.67 Å². The summed E-state index contributed by atoms with van der Waals surface area (Å²) in [6.07, 6.45) is 4.00. The first-order valence-electron chi connectivity index (χ1n) is 8.34. The molecule has 0 aromatic carbocycles. The van der Waals surface area contributed by atoms with Gasteiger partial charge in [0.05, 0.1) is 12.7 Å². The van der Waals surface area contributed by atoms with Crippen molar-refractivity contribution in [2.24, 2.45) is 0 Å². The first kappa shape index (κ1) is 15.8. The van der Waals surface area contributed by atoms with Crippen molar-refractivity contribution in [3.8, 4) is 0 Å². The Kier molecular flexibility index (Phi) is 3.57. The maximum absolute atomic E-state index is 12.3. The van der Waals surface area contributed by atoms with Crippen molar-refractivity contribution in [1.29, 1.82) is 0 Å². The van der Waals surface area contributed by atoms with E-state index in [0.717, 1.165) is 0 Å². The summed E-state index contributed by atoms with van der Waals surface area (Å²) in [5.74, 6) is 0.573. The van der Waals surface area contributed by atoms with Crippen LogP contribution in [0.15, 0.2) is 41.5 Å². The number of aromatic nitrogens is 5.